The van der Waals surface area contributed by atoms with Gasteiger partial charge in [0.25, 0.3) is 0 Å². The molecule has 4 heteroatoms. The van der Waals surface area contributed by atoms with Gasteiger partial charge < -0.3 is 10.3 Å². The summed E-state index contributed by atoms with van der Waals surface area (Å²) in [5.41, 5.74) is 1.43. The first kappa shape index (κ1) is 13.9. The van der Waals surface area contributed by atoms with Crippen LogP contribution in [0.25, 0.3) is 0 Å². The summed E-state index contributed by atoms with van der Waals surface area (Å²) >= 11 is 0. The summed E-state index contributed by atoms with van der Waals surface area (Å²) in [7, 11) is 0. The number of carboxylic acid groups (broad SMARTS) is 1. The van der Waals surface area contributed by atoms with Gasteiger partial charge in [0.15, 0.2) is 0 Å². The minimum absolute atomic E-state index is 0.583. The minimum Gasteiger partial charge on any atom is -0.481 e. The smallest absolute Gasteiger partial charge is 0.308 e. The number of hydroxylamine groups is 1. The van der Waals surface area contributed by atoms with E-state index < -0.39 is 11.4 Å². The van der Waals surface area contributed by atoms with E-state index in [1.54, 1.807) is 20.8 Å². The normalized spacial score (nSPS) is 10.1. The van der Waals surface area contributed by atoms with Crippen LogP contribution in [-0.4, -0.2) is 22.8 Å². The Kier molecular flexibility index (Phi) is 8.21. The van der Waals surface area contributed by atoms with Gasteiger partial charge in [0.1, 0.15) is 0 Å². The largest absolute Gasteiger partial charge is 0.481 e. The first-order chi connectivity index (χ1) is 5.36. The Hall–Kier alpha value is -0.610. The molecule has 0 aliphatic rings. The standard InChI is InChI=1S/C5H10O2.C3H9NO/c1-5(2,3)4(6)7;1-2-3-4-5/h1-3H3,(H,6,7);4-5H,2-3H2,1H3. The lowest BCUT2D eigenvalue weighted by molar-refractivity contribution is -0.145. The van der Waals surface area contributed by atoms with E-state index in [9.17, 15) is 4.79 Å². The van der Waals surface area contributed by atoms with Crippen LogP contribution >= 0.6 is 0 Å². The topological polar surface area (TPSA) is 69.6 Å². The second kappa shape index (κ2) is 7.06. The maximum atomic E-state index is 10.0. The van der Waals surface area contributed by atoms with E-state index >= 15 is 0 Å². The zero-order chi connectivity index (χ0) is 10.2. The molecule has 0 saturated heterocycles. The number of aliphatic carboxylic acids is 1. The molecule has 0 aromatic carbocycles. The van der Waals surface area contributed by atoms with E-state index in [2.05, 4.69) is 0 Å². The van der Waals surface area contributed by atoms with Crippen molar-refractivity contribution < 1.29 is 15.1 Å². The molecule has 0 aromatic rings. The zero-order valence-corrected chi connectivity index (χ0v) is 8.22. The van der Waals surface area contributed by atoms with Crippen LogP contribution in [0.2, 0.25) is 0 Å². The molecule has 0 aliphatic carbocycles. The van der Waals surface area contributed by atoms with Gasteiger partial charge in [-0.05, 0) is 27.2 Å². The van der Waals surface area contributed by atoms with E-state index in [0.29, 0.717) is 6.54 Å². The van der Waals surface area contributed by atoms with Crippen molar-refractivity contribution in [3.05, 3.63) is 0 Å². The third kappa shape index (κ3) is 12.1. The Bertz CT molecular complexity index is 116. The molecule has 12 heavy (non-hydrogen) atoms. The number of hydrogen-bond acceptors (Lipinski definition) is 3. The average Bonchev–Trinajstić information content (AvgIpc) is 1.88. The predicted molar refractivity (Wildman–Crippen MR) is 47.2 cm³/mol. The molecule has 0 heterocycles. The van der Waals surface area contributed by atoms with Crippen LogP contribution in [0.5, 0.6) is 0 Å². The van der Waals surface area contributed by atoms with Gasteiger partial charge in [-0.1, -0.05) is 6.92 Å². The van der Waals surface area contributed by atoms with Crippen LogP contribution in [-0.2, 0) is 4.79 Å². The maximum absolute atomic E-state index is 10.0. The van der Waals surface area contributed by atoms with Crippen LogP contribution in [0.15, 0.2) is 0 Å². The summed E-state index contributed by atoms with van der Waals surface area (Å²) in [5.74, 6) is -0.757. The highest BCUT2D eigenvalue weighted by atomic mass is 16.5. The number of hydrogen-bond donors (Lipinski definition) is 3. The summed E-state index contributed by atoms with van der Waals surface area (Å²) in [6.45, 7) is 7.67. The molecule has 0 fully saturated rings. The fourth-order valence-corrected chi connectivity index (χ4v) is 0.112. The average molecular weight is 177 g/mol. The number of nitrogens with one attached hydrogen (secondary N) is 1. The molecule has 0 aromatic heterocycles. The Morgan fingerprint density at radius 3 is 1.75 bits per heavy atom. The van der Waals surface area contributed by atoms with Gasteiger partial charge in [-0.15, -0.1) is 0 Å². The van der Waals surface area contributed by atoms with Crippen LogP contribution in [0.1, 0.15) is 34.1 Å². The van der Waals surface area contributed by atoms with E-state index in [1.807, 2.05) is 12.4 Å². The third-order valence-electron chi connectivity index (χ3n) is 1.00. The molecule has 0 atom stereocenters. The van der Waals surface area contributed by atoms with E-state index in [-0.39, 0.29) is 0 Å². The van der Waals surface area contributed by atoms with Crippen LogP contribution in [0, 0.1) is 5.41 Å². The summed E-state index contributed by atoms with van der Waals surface area (Å²) < 4.78 is 0. The van der Waals surface area contributed by atoms with Gasteiger partial charge in [-0.2, -0.15) is 0 Å². The Balaban J connectivity index is 0. The first-order valence-electron chi connectivity index (χ1n) is 3.96. The van der Waals surface area contributed by atoms with Crippen molar-refractivity contribution in [1.29, 1.82) is 0 Å². The molecule has 0 saturated carbocycles. The molecule has 0 bridgehead atoms. The van der Waals surface area contributed by atoms with Crippen molar-refractivity contribution in [3.63, 3.8) is 0 Å². The highest BCUT2D eigenvalue weighted by Gasteiger charge is 2.18. The van der Waals surface area contributed by atoms with Crippen LogP contribution < -0.4 is 5.48 Å². The number of rotatable bonds is 2. The van der Waals surface area contributed by atoms with Crippen molar-refractivity contribution >= 4 is 5.97 Å². The highest BCUT2D eigenvalue weighted by molar-refractivity contribution is 5.72. The van der Waals surface area contributed by atoms with Gasteiger partial charge in [-0.25, -0.2) is 5.48 Å². The molecule has 0 radical (unpaired) electrons. The molecule has 0 rings (SSSR count). The van der Waals surface area contributed by atoms with Gasteiger partial charge in [0.05, 0.1) is 5.41 Å². The molecular formula is C8H19NO3. The Morgan fingerprint density at radius 2 is 1.75 bits per heavy atom. The highest BCUT2D eigenvalue weighted by Crippen LogP contribution is 2.11. The van der Waals surface area contributed by atoms with Crippen molar-refractivity contribution in [3.8, 4) is 0 Å². The second-order valence-corrected chi connectivity index (χ2v) is 3.46. The second-order valence-electron chi connectivity index (χ2n) is 3.46. The quantitative estimate of drug-likeness (QED) is 0.559. The third-order valence-corrected chi connectivity index (χ3v) is 1.00. The van der Waals surface area contributed by atoms with Gasteiger partial charge in [-0.3, -0.25) is 4.79 Å². The van der Waals surface area contributed by atoms with E-state index in [1.165, 1.54) is 0 Å². The number of carbonyl (C=O) groups is 1. The fourth-order valence-electron chi connectivity index (χ4n) is 0.112. The maximum Gasteiger partial charge on any atom is 0.308 e. The van der Waals surface area contributed by atoms with Gasteiger partial charge >= 0.3 is 5.97 Å². The van der Waals surface area contributed by atoms with Crippen LogP contribution in [0.4, 0.5) is 0 Å². The fraction of sp³-hybridized carbons (Fsp3) is 0.875. The lowest BCUT2D eigenvalue weighted by Crippen LogP contribution is -2.18. The molecule has 74 valence electrons. The van der Waals surface area contributed by atoms with Crippen molar-refractivity contribution in [2.75, 3.05) is 6.54 Å². The minimum atomic E-state index is -0.757. The molecule has 3 N–H and O–H groups in total. The van der Waals surface area contributed by atoms with E-state index in [0.717, 1.165) is 6.42 Å². The predicted octanol–water partition coefficient (Wildman–Crippen LogP) is 1.49. The van der Waals surface area contributed by atoms with Crippen molar-refractivity contribution in [2.45, 2.75) is 34.1 Å². The van der Waals surface area contributed by atoms with Gasteiger partial charge in [0, 0.05) is 6.54 Å². The first-order valence-corrected chi connectivity index (χ1v) is 3.96. The van der Waals surface area contributed by atoms with E-state index in [4.69, 9.17) is 10.3 Å². The van der Waals surface area contributed by atoms with Gasteiger partial charge in [0.2, 0.25) is 0 Å². The Labute approximate surface area is 73.6 Å². The molecule has 0 aliphatic heterocycles. The SMILES string of the molecule is CC(C)(C)C(=O)O.CCCNO. The zero-order valence-electron chi connectivity index (χ0n) is 8.22. The Morgan fingerprint density at radius 1 is 1.42 bits per heavy atom. The van der Waals surface area contributed by atoms with Crippen molar-refractivity contribution in [1.82, 2.24) is 5.48 Å². The molecule has 0 spiro atoms. The lowest BCUT2D eigenvalue weighted by atomic mass is 9.98. The monoisotopic (exact) mass is 177 g/mol. The summed E-state index contributed by atoms with van der Waals surface area (Å²) in [6.07, 6.45) is 0.983. The summed E-state index contributed by atoms with van der Waals surface area (Å²) in [6, 6.07) is 0. The molecule has 0 amide bonds. The molecule has 4 nitrogen and oxygen atoms in total. The molecular weight excluding hydrogens is 158 g/mol. The summed E-state index contributed by atoms with van der Waals surface area (Å²) in [4.78, 5) is 10.0. The summed E-state index contributed by atoms with van der Waals surface area (Å²) in [5, 5.41) is 16.1. The molecule has 0 unspecified atom stereocenters. The number of carboxylic acids is 1. The lowest BCUT2D eigenvalue weighted by Gasteiger charge is -2.08. The van der Waals surface area contributed by atoms with Crippen molar-refractivity contribution in [2.24, 2.45) is 5.41 Å². The van der Waals surface area contributed by atoms with Crippen LogP contribution in [0.3, 0.4) is 0 Å².